The van der Waals surface area contributed by atoms with Crippen molar-refractivity contribution >= 4 is 0 Å². The first-order valence-electron chi connectivity index (χ1n) is 17.3. The second-order valence-corrected chi connectivity index (χ2v) is 13.9. The summed E-state index contributed by atoms with van der Waals surface area (Å²) < 4.78 is 33.6. The van der Waals surface area contributed by atoms with Gasteiger partial charge in [0.15, 0.2) is 46.0 Å². The molecule has 0 unspecified atom stereocenters. The summed E-state index contributed by atoms with van der Waals surface area (Å²) in [6.45, 7) is -1.20. The van der Waals surface area contributed by atoms with Crippen molar-refractivity contribution < 1.29 is 69.3 Å². The molecule has 2 heterocycles. The van der Waals surface area contributed by atoms with Crippen LogP contribution in [0.4, 0.5) is 0 Å². The number of aliphatic hydroxyl groups excluding tert-OH is 2. The highest BCUT2D eigenvalue weighted by molar-refractivity contribution is 5.81. The number of hydrogen-bond donors (Lipinski definition) is 8. The summed E-state index contributed by atoms with van der Waals surface area (Å²) in [5.41, 5.74) is -0.773. The number of methoxy groups -OCH3 is 4. The summed E-state index contributed by atoms with van der Waals surface area (Å²) in [5, 5.41) is 87.9. The maximum atomic E-state index is 12.0. The summed E-state index contributed by atoms with van der Waals surface area (Å²) >= 11 is 0. The van der Waals surface area contributed by atoms with E-state index in [9.17, 15) is 40.9 Å². The Balaban J connectivity index is 1.35. The lowest BCUT2D eigenvalue weighted by molar-refractivity contribution is -0.0154. The third kappa shape index (κ3) is 7.04. The van der Waals surface area contributed by atoms with Crippen LogP contribution >= 0.6 is 0 Å². The molecule has 2 aliphatic rings. The molecule has 4 aromatic rings. The molecule has 14 heteroatoms. The number of benzene rings is 4. The van der Waals surface area contributed by atoms with E-state index in [-0.39, 0.29) is 83.2 Å². The van der Waals surface area contributed by atoms with Crippen LogP contribution in [0.3, 0.4) is 0 Å². The van der Waals surface area contributed by atoms with E-state index in [1.807, 2.05) is 0 Å². The van der Waals surface area contributed by atoms with Crippen molar-refractivity contribution in [2.75, 3.05) is 54.9 Å². The molecule has 2 fully saturated rings. The molecule has 54 heavy (non-hydrogen) atoms. The van der Waals surface area contributed by atoms with Crippen molar-refractivity contribution in [3.63, 3.8) is 0 Å². The van der Waals surface area contributed by atoms with Crippen LogP contribution in [-0.2, 0) is 22.3 Å². The van der Waals surface area contributed by atoms with Gasteiger partial charge in [-0.15, -0.1) is 0 Å². The number of hydrogen-bond acceptors (Lipinski definition) is 14. The first-order valence-corrected chi connectivity index (χ1v) is 17.3. The molecule has 2 saturated heterocycles. The predicted molar refractivity (Wildman–Crippen MR) is 193 cm³/mol. The van der Waals surface area contributed by atoms with Gasteiger partial charge in [-0.1, -0.05) is 12.1 Å². The highest BCUT2D eigenvalue weighted by atomic mass is 16.5. The van der Waals surface area contributed by atoms with E-state index >= 15 is 0 Å². The van der Waals surface area contributed by atoms with Crippen LogP contribution < -0.4 is 18.9 Å². The van der Waals surface area contributed by atoms with Crippen molar-refractivity contribution in [3.05, 3.63) is 82.9 Å². The highest BCUT2D eigenvalue weighted by Gasteiger charge is 2.50. The average Bonchev–Trinajstić information content (AvgIpc) is 3.68. The molecule has 4 aromatic carbocycles. The number of rotatable bonds is 13. The Kier molecular flexibility index (Phi) is 11.1. The fraction of sp³-hybridized carbons (Fsp3) is 0.400. The van der Waals surface area contributed by atoms with Crippen LogP contribution in [-0.4, -0.2) is 107 Å². The minimum Gasteiger partial charge on any atom is -0.504 e. The van der Waals surface area contributed by atoms with Gasteiger partial charge >= 0.3 is 0 Å². The molecule has 14 nitrogen and oxygen atoms in total. The van der Waals surface area contributed by atoms with Gasteiger partial charge in [0.1, 0.15) is 0 Å². The minimum atomic E-state index is -1.59. The van der Waals surface area contributed by atoms with Crippen molar-refractivity contribution in [2.45, 2.75) is 36.3 Å². The van der Waals surface area contributed by atoms with Gasteiger partial charge in [-0.3, -0.25) is 0 Å². The Labute approximate surface area is 311 Å². The molecule has 0 spiro atoms. The van der Waals surface area contributed by atoms with Gasteiger partial charge < -0.3 is 69.3 Å². The Hall–Kier alpha value is -4.96. The van der Waals surface area contributed by atoms with E-state index in [1.165, 1.54) is 46.6 Å². The molecule has 6 atom stereocenters. The summed E-state index contributed by atoms with van der Waals surface area (Å²) in [6, 6.07) is 15.6. The van der Waals surface area contributed by atoms with E-state index < -0.39 is 48.5 Å². The topological polar surface area (TPSA) is 217 Å². The van der Waals surface area contributed by atoms with Crippen LogP contribution in [0.2, 0.25) is 0 Å². The first-order chi connectivity index (χ1) is 25.8. The van der Waals surface area contributed by atoms with E-state index in [0.29, 0.717) is 22.3 Å². The average molecular weight is 751 g/mol. The van der Waals surface area contributed by atoms with Gasteiger partial charge in [0.25, 0.3) is 0 Å². The van der Waals surface area contributed by atoms with Crippen LogP contribution in [0.5, 0.6) is 46.0 Å². The van der Waals surface area contributed by atoms with E-state index in [2.05, 4.69) is 0 Å². The van der Waals surface area contributed by atoms with Gasteiger partial charge in [-0.25, -0.2) is 0 Å². The molecule has 290 valence electrons. The van der Waals surface area contributed by atoms with Crippen molar-refractivity contribution in [1.82, 2.24) is 0 Å². The lowest BCUT2D eigenvalue weighted by Gasteiger charge is -2.30. The first kappa shape index (κ1) is 38.8. The van der Waals surface area contributed by atoms with Crippen LogP contribution in [0, 0.1) is 11.8 Å². The molecule has 0 amide bonds. The molecule has 2 aliphatic heterocycles. The third-order valence-electron chi connectivity index (χ3n) is 10.6. The number of aliphatic hydroxyl groups is 4. The van der Waals surface area contributed by atoms with E-state index in [4.69, 9.17) is 28.4 Å². The standard InChI is InChI=1S/C40H46O14/c1-49-31-10-21(5-7-29(31)43)15-39(47)19-54-38(28(39)18-42)24-12-26(36(46)34(14-24)52-4)25-9-22(11-33(51-3)35(25)45)16-40(48)20-53-37(27(40)17-41)23-6-8-30(44)32(13-23)50-2/h5-14,27-28,37-38,41-48H,15-20H2,1-4H3/t27-,28-,37-,38-,39-,40-/m1/s1. The SMILES string of the molecule is COc1cc(C[C@@]2(O)CO[C@H](c3cc(OC)c(O)c(-c4cc(C[C@@]5(O)CO[C@H](c6ccc(O)c(OC)c6)[C@H]5CO)cc(OC)c4O)c3)[C@H]2CO)ccc1O. The summed E-state index contributed by atoms with van der Waals surface area (Å²) in [7, 11) is 5.55. The molecule has 0 radical (unpaired) electrons. The fourth-order valence-corrected chi connectivity index (χ4v) is 7.72. The molecule has 0 aliphatic carbocycles. The zero-order valence-corrected chi connectivity index (χ0v) is 30.4. The second-order valence-electron chi connectivity index (χ2n) is 13.9. The Morgan fingerprint density at radius 1 is 0.556 bits per heavy atom. The third-order valence-corrected chi connectivity index (χ3v) is 10.6. The molecule has 6 rings (SSSR count). The smallest absolute Gasteiger partial charge is 0.165 e. The van der Waals surface area contributed by atoms with Crippen molar-refractivity contribution in [2.24, 2.45) is 11.8 Å². The lowest BCUT2D eigenvalue weighted by atomic mass is 9.79. The van der Waals surface area contributed by atoms with Gasteiger partial charge in [0.05, 0.1) is 78.3 Å². The zero-order chi connectivity index (χ0) is 38.9. The zero-order valence-electron chi connectivity index (χ0n) is 30.4. The van der Waals surface area contributed by atoms with Crippen LogP contribution in [0.15, 0.2) is 60.7 Å². The second kappa shape index (κ2) is 15.4. The number of aromatic hydroxyl groups is 4. The van der Waals surface area contributed by atoms with Gasteiger partial charge in [-0.2, -0.15) is 0 Å². The maximum Gasteiger partial charge on any atom is 0.165 e. The Morgan fingerprint density at radius 3 is 1.56 bits per heavy atom. The van der Waals surface area contributed by atoms with Gasteiger partial charge in [0.2, 0.25) is 0 Å². The van der Waals surface area contributed by atoms with Crippen molar-refractivity contribution in [1.29, 1.82) is 0 Å². The Morgan fingerprint density at radius 2 is 1.00 bits per heavy atom. The van der Waals surface area contributed by atoms with Gasteiger partial charge in [0, 0.05) is 35.8 Å². The van der Waals surface area contributed by atoms with Crippen LogP contribution in [0.25, 0.3) is 11.1 Å². The van der Waals surface area contributed by atoms with Crippen molar-refractivity contribution in [3.8, 4) is 57.1 Å². The lowest BCUT2D eigenvalue weighted by Crippen LogP contribution is -2.41. The molecule has 0 aromatic heterocycles. The molecular formula is C40H46O14. The van der Waals surface area contributed by atoms with Gasteiger partial charge in [-0.05, 0) is 70.8 Å². The molecule has 8 N–H and O–H groups in total. The maximum absolute atomic E-state index is 12.0. The number of phenolic OH excluding ortho intramolecular Hbond substituents is 4. The largest absolute Gasteiger partial charge is 0.504 e. The minimum absolute atomic E-state index is 0.0283. The normalized spacial score (nSPS) is 25.1. The predicted octanol–water partition coefficient (Wildman–Crippen LogP) is 3.52. The van der Waals surface area contributed by atoms with E-state index in [1.54, 1.807) is 42.5 Å². The fourth-order valence-electron chi connectivity index (χ4n) is 7.72. The molecule has 0 saturated carbocycles. The van der Waals surface area contributed by atoms with E-state index in [0.717, 1.165) is 0 Å². The quantitative estimate of drug-likeness (QED) is 0.0982. The molecular weight excluding hydrogens is 704 g/mol. The van der Waals surface area contributed by atoms with Crippen LogP contribution in [0.1, 0.15) is 34.5 Å². The number of phenols is 4. The summed E-state index contributed by atoms with van der Waals surface area (Å²) in [5.74, 6) is -1.90. The monoisotopic (exact) mass is 750 g/mol. The summed E-state index contributed by atoms with van der Waals surface area (Å²) in [4.78, 5) is 0. The Bertz CT molecular complexity index is 1980. The summed E-state index contributed by atoms with van der Waals surface area (Å²) in [6.07, 6.45) is -1.61. The molecule has 0 bridgehead atoms. The number of ether oxygens (including phenoxy) is 6. The highest BCUT2D eigenvalue weighted by Crippen LogP contribution is 2.51.